The number of benzene rings is 1. The van der Waals surface area contributed by atoms with Crippen LogP contribution in [0, 0.1) is 18.8 Å². The first-order chi connectivity index (χ1) is 10.2. The molecule has 4 rings (SSSR count). The zero-order valence-corrected chi connectivity index (χ0v) is 14.6. The molecular formula is C17H24ClN3S. The van der Waals surface area contributed by atoms with Crippen molar-refractivity contribution in [3.63, 3.8) is 0 Å². The Morgan fingerprint density at radius 3 is 3.00 bits per heavy atom. The molecule has 2 heterocycles. The number of aromatic nitrogens is 1. The van der Waals surface area contributed by atoms with Crippen molar-refractivity contribution in [1.82, 2.24) is 9.88 Å². The first-order valence-electron chi connectivity index (χ1n) is 8.03. The van der Waals surface area contributed by atoms with Gasteiger partial charge in [0.2, 0.25) is 0 Å². The Balaban J connectivity index is 0.00000144. The van der Waals surface area contributed by atoms with E-state index in [9.17, 15) is 0 Å². The summed E-state index contributed by atoms with van der Waals surface area (Å²) in [5.41, 5.74) is 8.87. The van der Waals surface area contributed by atoms with Gasteiger partial charge in [-0.2, -0.15) is 0 Å². The molecule has 1 aliphatic carbocycles. The van der Waals surface area contributed by atoms with Gasteiger partial charge in [-0.3, -0.25) is 4.90 Å². The Labute approximate surface area is 142 Å². The van der Waals surface area contributed by atoms with Gasteiger partial charge in [-0.1, -0.05) is 12.5 Å². The zero-order valence-electron chi connectivity index (χ0n) is 13.0. The molecule has 2 aliphatic rings. The van der Waals surface area contributed by atoms with Crippen LogP contribution in [0.5, 0.6) is 0 Å². The molecule has 120 valence electrons. The van der Waals surface area contributed by atoms with Gasteiger partial charge in [-0.15, -0.1) is 23.7 Å². The number of hydrogen-bond acceptors (Lipinski definition) is 4. The van der Waals surface area contributed by atoms with E-state index in [-0.39, 0.29) is 12.4 Å². The van der Waals surface area contributed by atoms with Crippen molar-refractivity contribution in [3.8, 4) is 0 Å². The molecule has 2 aromatic rings. The van der Waals surface area contributed by atoms with Gasteiger partial charge in [0, 0.05) is 25.7 Å². The summed E-state index contributed by atoms with van der Waals surface area (Å²) in [4.78, 5) is 7.15. The van der Waals surface area contributed by atoms with Gasteiger partial charge in [0.1, 0.15) is 0 Å². The molecular weight excluding hydrogens is 314 g/mol. The largest absolute Gasteiger partial charge is 0.327 e. The van der Waals surface area contributed by atoms with E-state index in [2.05, 4.69) is 35.0 Å². The van der Waals surface area contributed by atoms with E-state index in [0.29, 0.717) is 6.04 Å². The lowest BCUT2D eigenvalue weighted by molar-refractivity contribution is 0.259. The third-order valence-electron chi connectivity index (χ3n) is 5.20. The Hall–Kier alpha value is -0.680. The van der Waals surface area contributed by atoms with E-state index in [4.69, 9.17) is 5.73 Å². The highest BCUT2D eigenvalue weighted by Crippen LogP contribution is 2.36. The van der Waals surface area contributed by atoms with Crippen LogP contribution in [-0.4, -0.2) is 29.0 Å². The number of nitrogens with two attached hydrogens (primary N) is 1. The van der Waals surface area contributed by atoms with Gasteiger partial charge in [0.25, 0.3) is 0 Å². The Morgan fingerprint density at radius 2 is 2.18 bits per heavy atom. The van der Waals surface area contributed by atoms with Gasteiger partial charge in [-0.05, 0) is 49.3 Å². The molecule has 3 nitrogen and oxygen atoms in total. The molecule has 5 heteroatoms. The summed E-state index contributed by atoms with van der Waals surface area (Å²) in [6.45, 7) is 5.56. The molecule has 3 unspecified atom stereocenters. The molecule has 2 N–H and O–H groups in total. The van der Waals surface area contributed by atoms with Crippen LogP contribution in [0.4, 0.5) is 0 Å². The van der Waals surface area contributed by atoms with Gasteiger partial charge in [0.15, 0.2) is 0 Å². The van der Waals surface area contributed by atoms with Gasteiger partial charge >= 0.3 is 0 Å². The number of rotatable bonds is 2. The second-order valence-electron chi connectivity index (χ2n) is 6.75. The summed E-state index contributed by atoms with van der Waals surface area (Å²) >= 11 is 1.80. The number of likely N-dealkylation sites (tertiary alicyclic amines) is 1. The van der Waals surface area contributed by atoms with Crippen molar-refractivity contribution in [3.05, 3.63) is 28.8 Å². The Kier molecular flexibility index (Phi) is 4.74. The van der Waals surface area contributed by atoms with E-state index in [0.717, 1.165) is 28.9 Å². The molecule has 22 heavy (non-hydrogen) atoms. The average Bonchev–Trinajstić information content (AvgIpc) is 3.01. The van der Waals surface area contributed by atoms with E-state index in [1.165, 1.54) is 42.6 Å². The minimum Gasteiger partial charge on any atom is -0.327 e. The van der Waals surface area contributed by atoms with E-state index in [1.54, 1.807) is 11.3 Å². The van der Waals surface area contributed by atoms with Gasteiger partial charge < -0.3 is 5.73 Å². The van der Waals surface area contributed by atoms with Crippen molar-refractivity contribution < 1.29 is 0 Å². The number of hydrogen-bond donors (Lipinski definition) is 1. The Bertz CT molecular complexity index is 656. The number of thiazole rings is 1. The SMILES string of the molecule is Cc1nc2ccc(CN3CC4CCCC(N)C4C3)cc2s1.Cl. The molecule has 0 amide bonds. The van der Waals surface area contributed by atoms with Crippen molar-refractivity contribution in [2.45, 2.75) is 38.8 Å². The fraction of sp³-hybridized carbons (Fsp3) is 0.588. The number of halogens is 1. The van der Waals surface area contributed by atoms with Crippen LogP contribution in [0.15, 0.2) is 18.2 Å². The van der Waals surface area contributed by atoms with Crippen molar-refractivity contribution in [2.24, 2.45) is 17.6 Å². The number of fused-ring (bicyclic) bond motifs is 2. The predicted molar refractivity (Wildman–Crippen MR) is 95.7 cm³/mol. The second kappa shape index (κ2) is 6.44. The van der Waals surface area contributed by atoms with Crippen LogP contribution in [0.25, 0.3) is 10.2 Å². The Morgan fingerprint density at radius 1 is 1.32 bits per heavy atom. The van der Waals surface area contributed by atoms with Crippen LogP contribution >= 0.6 is 23.7 Å². The summed E-state index contributed by atoms with van der Waals surface area (Å²) in [7, 11) is 0. The molecule has 0 spiro atoms. The molecule has 1 aliphatic heterocycles. The second-order valence-corrected chi connectivity index (χ2v) is 7.98. The molecule has 0 radical (unpaired) electrons. The topological polar surface area (TPSA) is 42.2 Å². The highest BCUT2D eigenvalue weighted by molar-refractivity contribution is 7.18. The standard InChI is InChI=1S/C17H23N3S.ClH/c1-11-19-16-6-5-12(7-17(16)21-11)8-20-9-13-3-2-4-15(18)14(13)10-20;/h5-7,13-15H,2-4,8-10,18H2,1H3;1H. The molecule has 1 aromatic carbocycles. The smallest absolute Gasteiger partial charge is 0.0907 e. The molecule has 3 atom stereocenters. The maximum absolute atomic E-state index is 6.32. The summed E-state index contributed by atoms with van der Waals surface area (Å²) in [5, 5.41) is 1.15. The minimum atomic E-state index is 0. The lowest BCUT2D eigenvalue weighted by Gasteiger charge is -2.29. The first kappa shape index (κ1) is 16.2. The quantitative estimate of drug-likeness (QED) is 0.910. The fourth-order valence-corrected chi connectivity index (χ4v) is 5.07. The van der Waals surface area contributed by atoms with E-state index < -0.39 is 0 Å². The van der Waals surface area contributed by atoms with Gasteiger partial charge in [0.05, 0.1) is 15.2 Å². The molecule has 2 fully saturated rings. The highest BCUT2D eigenvalue weighted by atomic mass is 35.5. The van der Waals surface area contributed by atoms with Crippen LogP contribution in [0.3, 0.4) is 0 Å². The van der Waals surface area contributed by atoms with Crippen LogP contribution in [0.2, 0.25) is 0 Å². The monoisotopic (exact) mass is 337 g/mol. The number of nitrogens with zero attached hydrogens (tertiary/aromatic N) is 2. The number of aryl methyl sites for hydroxylation is 1. The summed E-state index contributed by atoms with van der Waals surface area (Å²) in [6, 6.07) is 7.16. The lowest BCUT2D eigenvalue weighted by Crippen LogP contribution is -2.38. The third kappa shape index (κ3) is 3.02. The fourth-order valence-electron chi connectivity index (χ4n) is 4.18. The van der Waals surface area contributed by atoms with Crippen molar-refractivity contribution in [1.29, 1.82) is 0 Å². The van der Waals surface area contributed by atoms with Crippen molar-refractivity contribution in [2.75, 3.05) is 13.1 Å². The normalized spacial score (nSPS) is 28.5. The lowest BCUT2D eigenvalue weighted by atomic mass is 9.78. The maximum Gasteiger partial charge on any atom is 0.0907 e. The van der Waals surface area contributed by atoms with E-state index in [1.807, 2.05) is 0 Å². The van der Waals surface area contributed by atoms with E-state index >= 15 is 0 Å². The van der Waals surface area contributed by atoms with Crippen LogP contribution in [-0.2, 0) is 6.54 Å². The summed E-state index contributed by atoms with van der Waals surface area (Å²) < 4.78 is 1.32. The zero-order chi connectivity index (χ0) is 14.4. The van der Waals surface area contributed by atoms with Gasteiger partial charge in [-0.25, -0.2) is 4.98 Å². The maximum atomic E-state index is 6.32. The molecule has 1 saturated carbocycles. The highest BCUT2D eigenvalue weighted by Gasteiger charge is 2.38. The predicted octanol–water partition coefficient (Wildman–Crippen LogP) is 3.59. The van der Waals surface area contributed by atoms with Crippen LogP contribution < -0.4 is 5.73 Å². The summed E-state index contributed by atoms with van der Waals surface area (Å²) in [6.07, 6.45) is 3.92. The molecule has 1 saturated heterocycles. The molecule has 1 aromatic heterocycles. The first-order valence-corrected chi connectivity index (χ1v) is 8.85. The van der Waals surface area contributed by atoms with Crippen LogP contribution in [0.1, 0.15) is 29.8 Å². The third-order valence-corrected chi connectivity index (χ3v) is 6.13. The average molecular weight is 338 g/mol. The summed E-state index contributed by atoms with van der Waals surface area (Å²) in [5.74, 6) is 1.57. The minimum absolute atomic E-state index is 0. The van der Waals surface area contributed by atoms with Crippen molar-refractivity contribution >= 4 is 34.0 Å². The molecule has 0 bridgehead atoms.